The highest BCUT2D eigenvalue weighted by molar-refractivity contribution is 5.18. The number of hydrogen-bond acceptors (Lipinski definition) is 6. The normalized spacial score (nSPS) is 11.7. The summed E-state index contributed by atoms with van der Waals surface area (Å²) in [7, 11) is 0. The van der Waals surface area contributed by atoms with Gasteiger partial charge in [-0.15, -0.1) is 5.10 Å². The van der Waals surface area contributed by atoms with Crippen molar-refractivity contribution in [3.63, 3.8) is 0 Å². The summed E-state index contributed by atoms with van der Waals surface area (Å²) in [5.74, 6) is 0.579. The number of anilines is 1. The molecule has 0 radical (unpaired) electrons. The van der Waals surface area contributed by atoms with Crippen LogP contribution < -0.4 is 11.0 Å². The predicted octanol–water partition coefficient (Wildman–Crippen LogP) is 1.65. The van der Waals surface area contributed by atoms with Gasteiger partial charge in [-0.25, -0.2) is 4.79 Å². The monoisotopic (exact) mass is 291 g/mol. The molecule has 0 aliphatic heterocycles. The number of aryl methyl sites for hydroxylation is 2. The minimum Gasteiger partial charge on any atom is -0.408 e. The van der Waals surface area contributed by atoms with Crippen LogP contribution >= 0.6 is 0 Å². The van der Waals surface area contributed by atoms with E-state index in [9.17, 15) is 4.79 Å². The molecule has 1 N–H and O–H groups in total. The Kier molecular flexibility index (Phi) is 4.11. The molecule has 7 nitrogen and oxygen atoms in total. The van der Waals surface area contributed by atoms with Crippen LogP contribution in [0.4, 0.5) is 6.01 Å². The highest BCUT2D eigenvalue weighted by Crippen LogP contribution is 2.21. The molecule has 0 saturated carbocycles. The van der Waals surface area contributed by atoms with E-state index in [1.807, 2.05) is 40.7 Å². The van der Waals surface area contributed by atoms with Crippen LogP contribution in [0.15, 0.2) is 15.3 Å². The maximum Gasteiger partial charge on any atom is 0.348 e. The summed E-state index contributed by atoms with van der Waals surface area (Å²) in [5, 5.41) is 11.0. The molecule has 21 heavy (non-hydrogen) atoms. The molecule has 2 rings (SSSR count). The van der Waals surface area contributed by atoms with E-state index in [0.29, 0.717) is 25.0 Å². The average molecular weight is 291 g/mol. The van der Waals surface area contributed by atoms with Gasteiger partial charge in [-0.1, -0.05) is 25.9 Å². The maximum absolute atomic E-state index is 11.8. The molecule has 0 fully saturated rings. The standard InChI is InChI=1S/C14H21N5O2/c1-9-8-10(2)19(13(20)16-9)7-6-15-12-18-17-11(21-12)14(3,4)5/h8H,6-7H2,1-5H3,(H,15,18). The summed E-state index contributed by atoms with van der Waals surface area (Å²) in [4.78, 5) is 15.7. The molecule has 2 heterocycles. The van der Waals surface area contributed by atoms with E-state index < -0.39 is 0 Å². The Hall–Kier alpha value is -2.18. The molecule has 0 atom stereocenters. The Bertz CT molecular complexity index is 681. The van der Waals surface area contributed by atoms with Gasteiger partial charge >= 0.3 is 11.7 Å². The molecule has 2 aromatic heterocycles. The van der Waals surface area contributed by atoms with Crippen LogP contribution in [-0.2, 0) is 12.0 Å². The van der Waals surface area contributed by atoms with Crippen molar-refractivity contribution in [1.29, 1.82) is 0 Å². The highest BCUT2D eigenvalue weighted by Gasteiger charge is 2.21. The van der Waals surface area contributed by atoms with E-state index in [-0.39, 0.29) is 11.1 Å². The van der Waals surface area contributed by atoms with Crippen molar-refractivity contribution in [3.05, 3.63) is 33.8 Å². The Morgan fingerprint density at radius 1 is 1.29 bits per heavy atom. The van der Waals surface area contributed by atoms with E-state index in [1.165, 1.54) is 0 Å². The summed E-state index contributed by atoms with van der Waals surface area (Å²) in [5.41, 5.74) is 1.19. The van der Waals surface area contributed by atoms with Crippen molar-refractivity contribution in [1.82, 2.24) is 19.7 Å². The Labute approximate surface area is 123 Å². The largest absolute Gasteiger partial charge is 0.408 e. The minimum atomic E-state index is -0.241. The fourth-order valence-corrected chi connectivity index (χ4v) is 1.92. The first kappa shape index (κ1) is 15.2. The van der Waals surface area contributed by atoms with Crippen molar-refractivity contribution in [2.24, 2.45) is 0 Å². The molecular weight excluding hydrogens is 270 g/mol. The van der Waals surface area contributed by atoms with Gasteiger partial charge in [0.15, 0.2) is 0 Å². The third-order valence-corrected chi connectivity index (χ3v) is 3.02. The van der Waals surface area contributed by atoms with Gasteiger partial charge in [0.25, 0.3) is 0 Å². The van der Waals surface area contributed by atoms with Crippen LogP contribution in [-0.4, -0.2) is 26.3 Å². The van der Waals surface area contributed by atoms with E-state index in [1.54, 1.807) is 4.57 Å². The van der Waals surface area contributed by atoms with Gasteiger partial charge in [0.05, 0.1) is 0 Å². The Morgan fingerprint density at radius 3 is 2.57 bits per heavy atom. The maximum atomic E-state index is 11.8. The van der Waals surface area contributed by atoms with Crippen molar-refractivity contribution < 1.29 is 4.42 Å². The van der Waals surface area contributed by atoms with Crippen LogP contribution in [0.2, 0.25) is 0 Å². The fraction of sp³-hybridized carbons (Fsp3) is 0.571. The van der Waals surface area contributed by atoms with E-state index >= 15 is 0 Å². The van der Waals surface area contributed by atoms with E-state index in [0.717, 1.165) is 11.4 Å². The molecule has 0 saturated heterocycles. The molecule has 114 valence electrons. The van der Waals surface area contributed by atoms with E-state index in [2.05, 4.69) is 20.5 Å². The summed E-state index contributed by atoms with van der Waals surface area (Å²) in [6.45, 7) is 10.7. The molecule has 7 heteroatoms. The molecule has 0 amide bonds. The second-order valence-corrected chi connectivity index (χ2v) is 6.06. The van der Waals surface area contributed by atoms with Gasteiger partial charge in [-0.2, -0.15) is 4.98 Å². The minimum absolute atomic E-state index is 0.179. The van der Waals surface area contributed by atoms with Crippen LogP contribution in [0, 0.1) is 13.8 Å². The second kappa shape index (κ2) is 5.67. The van der Waals surface area contributed by atoms with Crippen LogP contribution in [0.5, 0.6) is 0 Å². The summed E-state index contributed by atoms with van der Waals surface area (Å²) in [6, 6.07) is 2.25. The smallest absolute Gasteiger partial charge is 0.348 e. The lowest BCUT2D eigenvalue weighted by Crippen LogP contribution is -2.28. The third kappa shape index (κ3) is 3.68. The lowest BCUT2D eigenvalue weighted by atomic mass is 9.97. The van der Waals surface area contributed by atoms with Gasteiger partial charge in [0.2, 0.25) is 5.89 Å². The van der Waals surface area contributed by atoms with Gasteiger partial charge in [0, 0.05) is 29.9 Å². The molecule has 0 spiro atoms. The quantitative estimate of drug-likeness (QED) is 0.922. The van der Waals surface area contributed by atoms with Gasteiger partial charge in [-0.05, 0) is 19.9 Å². The molecule has 0 aliphatic rings. The highest BCUT2D eigenvalue weighted by atomic mass is 16.4. The number of aromatic nitrogens is 4. The zero-order valence-electron chi connectivity index (χ0n) is 13.1. The van der Waals surface area contributed by atoms with Crippen LogP contribution in [0.3, 0.4) is 0 Å². The molecule has 2 aromatic rings. The van der Waals surface area contributed by atoms with Gasteiger partial charge in [-0.3, -0.25) is 4.57 Å². The van der Waals surface area contributed by atoms with Crippen molar-refractivity contribution in [2.45, 2.75) is 46.6 Å². The summed E-state index contributed by atoms with van der Waals surface area (Å²) >= 11 is 0. The van der Waals surface area contributed by atoms with Crippen LogP contribution in [0.1, 0.15) is 38.0 Å². The lowest BCUT2D eigenvalue weighted by molar-refractivity contribution is 0.399. The molecule has 0 unspecified atom stereocenters. The number of nitrogens with one attached hydrogen (secondary N) is 1. The molecule has 0 aliphatic carbocycles. The Morgan fingerprint density at radius 2 is 2.00 bits per heavy atom. The molecule has 0 bridgehead atoms. The number of nitrogens with zero attached hydrogens (tertiary/aromatic N) is 4. The van der Waals surface area contributed by atoms with Crippen molar-refractivity contribution in [2.75, 3.05) is 11.9 Å². The number of rotatable bonds is 4. The zero-order chi connectivity index (χ0) is 15.6. The lowest BCUT2D eigenvalue weighted by Gasteiger charge is -2.11. The predicted molar refractivity (Wildman–Crippen MR) is 79.5 cm³/mol. The summed E-state index contributed by atoms with van der Waals surface area (Å²) in [6.07, 6.45) is 0. The first-order valence-electron chi connectivity index (χ1n) is 6.90. The first-order chi connectivity index (χ1) is 9.77. The average Bonchev–Trinajstić information content (AvgIpc) is 2.81. The molecule has 0 aromatic carbocycles. The second-order valence-electron chi connectivity index (χ2n) is 6.06. The van der Waals surface area contributed by atoms with E-state index in [4.69, 9.17) is 4.42 Å². The first-order valence-corrected chi connectivity index (χ1v) is 6.90. The van der Waals surface area contributed by atoms with Crippen LogP contribution in [0.25, 0.3) is 0 Å². The third-order valence-electron chi connectivity index (χ3n) is 3.02. The van der Waals surface area contributed by atoms with Gasteiger partial charge in [0.1, 0.15) is 0 Å². The Balaban J connectivity index is 1.99. The fourth-order valence-electron chi connectivity index (χ4n) is 1.92. The van der Waals surface area contributed by atoms with Crippen molar-refractivity contribution in [3.8, 4) is 0 Å². The van der Waals surface area contributed by atoms with Gasteiger partial charge < -0.3 is 9.73 Å². The summed E-state index contributed by atoms with van der Waals surface area (Å²) < 4.78 is 7.14. The zero-order valence-corrected chi connectivity index (χ0v) is 13.1. The topological polar surface area (TPSA) is 85.8 Å². The SMILES string of the molecule is Cc1cc(C)n(CCNc2nnc(C(C)(C)C)o2)c(=O)n1. The number of hydrogen-bond donors (Lipinski definition) is 1. The molecular formula is C14H21N5O2. The van der Waals surface area contributed by atoms with Crippen molar-refractivity contribution >= 4 is 6.01 Å².